The summed E-state index contributed by atoms with van der Waals surface area (Å²) in [6, 6.07) is 0. The summed E-state index contributed by atoms with van der Waals surface area (Å²) in [5.74, 6) is -0.715. The smallest absolute Gasteiger partial charge is 0.185 e. The molecule has 3 rings (SSSR count). The molecular formula is C12H19NO5. The van der Waals surface area contributed by atoms with Crippen molar-refractivity contribution in [3.05, 3.63) is 0 Å². The molecule has 2 fully saturated rings. The van der Waals surface area contributed by atoms with Crippen LogP contribution >= 0.6 is 0 Å². The summed E-state index contributed by atoms with van der Waals surface area (Å²) in [7, 11) is 0. The first-order valence-corrected chi connectivity index (χ1v) is 6.26. The number of oxime groups is 1. The number of aliphatic hydroxyl groups excluding tert-OH is 1. The molecule has 0 aliphatic carbocycles. The molecule has 0 spiro atoms. The molecule has 5 atom stereocenters. The third-order valence-electron chi connectivity index (χ3n) is 3.72. The average Bonchev–Trinajstić information content (AvgIpc) is 2.86. The Morgan fingerprint density at radius 2 is 1.94 bits per heavy atom. The van der Waals surface area contributed by atoms with Gasteiger partial charge >= 0.3 is 0 Å². The number of hydrogen-bond donors (Lipinski definition) is 1. The Labute approximate surface area is 106 Å². The Hall–Kier alpha value is -0.690. The van der Waals surface area contributed by atoms with Crippen LogP contribution in [0.4, 0.5) is 0 Å². The van der Waals surface area contributed by atoms with E-state index in [1.807, 2.05) is 27.7 Å². The molecule has 0 amide bonds. The zero-order valence-electron chi connectivity index (χ0n) is 11.0. The lowest BCUT2D eigenvalue weighted by Gasteiger charge is -2.30. The normalized spacial score (nSPS) is 49.9. The van der Waals surface area contributed by atoms with E-state index >= 15 is 0 Å². The largest absolute Gasteiger partial charge is 0.392 e. The Morgan fingerprint density at radius 1 is 1.22 bits per heavy atom. The third-order valence-corrected chi connectivity index (χ3v) is 3.72. The summed E-state index contributed by atoms with van der Waals surface area (Å²) in [6.07, 6.45) is -1.14. The highest BCUT2D eigenvalue weighted by Gasteiger charge is 2.63. The predicted molar refractivity (Wildman–Crippen MR) is 61.9 cm³/mol. The molecule has 0 saturated carbocycles. The molecule has 1 N–H and O–H groups in total. The number of nitrogens with zero attached hydrogens (tertiary/aromatic N) is 1. The molecule has 3 aliphatic rings. The molecule has 102 valence electrons. The fourth-order valence-corrected chi connectivity index (χ4v) is 2.83. The Kier molecular flexibility index (Phi) is 2.51. The maximum atomic E-state index is 9.97. The van der Waals surface area contributed by atoms with Gasteiger partial charge < -0.3 is 24.2 Å². The zero-order valence-corrected chi connectivity index (χ0v) is 11.0. The maximum absolute atomic E-state index is 9.97. The first-order valence-electron chi connectivity index (χ1n) is 6.26. The molecule has 3 heterocycles. The number of ether oxygens (including phenoxy) is 3. The van der Waals surface area contributed by atoms with E-state index in [9.17, 15) is 5.11 Å². The minimum atomic E-state index is -1.000. The highest BCUT2D eigenvalue weighted by Crippen LogP contribution is 2.45. The standard InChI is InChI=1S/C12H19NO5/c1-6-5-7(13-18-6)12(4)9-8(10(14)17-12)15-11(2,3)16-9/h6,8-10,14H,5H2,1-4H3/t6-,8-,9+,10?,12+/m0/s1. The monoisotopic (exact) mass is 257 g/mol. The van der Waals surface area contributed by atoms with Crippen LogP contribution in [0.2, 0.25) is 0 Å². The number of rotatable bonds is 1. The van der Waals surface area contributed by atoms with E-state index in [2.05, 4.69) is 5.16 Å². The second kappa shape index (κ2) is 3.66. The molecule has 18 heavy (non-hydrogen) atoms. The first kappa shape index (κ1) is 12.3. The van der Waals surface area contributed by atoms with Crippen LogP contribution in [-0.2, 0) is 19.0 Å². The molecule has 0 aromatic carbocycles. The van der Waals surface area contributed by atoms with Crippen LogP contribution in [0.1, 0.15) is 34.1 Å². The maximum Gasteiger partial charge on any atom is 0.185 e. The number of aliphatic hydroxyl groups is 1. The summed E-state index contributed by atoms with van der Waals surface area (Å²) in [5.41, 5.74) is -0.0225. The first-order chi connectivity index (χ1) is 8.32. The lowest BCUT2D eigenvalue weighted by atomic mass is 9.89. The molecule has 0 aromatic rings. The van der Waals surface area contributed by atoms with Gasteiger partial charge in [-0.2, -0.15) is 0 Å². The van der Waals surface area contributed by atoms with Gasteiger partial charge in [-0.25, -0.2) is 0 Å². The van der Waals surface area contributed by atoms with Gasteiger partial charge in [0.15, 0.2) is 12.1 Å². The van der Waals surface area contributed by atoms with E-state index in [0.29, 0.717) is 6.42 Å². The molecule has 0 radical (unpaired) electrons. The van der Waals surface area contributed by atoms with Gasteiger partial charge in [-0.05, 0) is 27.7 Å². The van der Waals surface area contributed by atoms with E-state index in [1.54, 1.807) is 0 Å². The quantitative estimate of drug-likeness (QED) is 0.751. The topological polar surface area (TPSA) is 69.5 Å². The Bertz CT molecular complexity index is 396. The van der Waals surface area contributed by atoms with Crippen molar-refractivity contribution in [1.29, 1.82) is 0 Å². The van der Waals surface area contributed by atoms with Crippen LogP contribution in [0.15, 0.2) is 5.16 Å². The predicted octanol–water partition coefficient (Wildman–Crippen LogP) is 0.779. The molecule has 0 bridgehead atoms. The van der Waals surface area contributed by atoms with Crippen molar-refractivity contribution in [2.24, 2.45) is 5.16 Å². The van der Waals surface area contributed by atoms with E-state index in [4.69, 9.17) is 19.0 Å². The van der Waals surface area contributed by atoms with E-state index in [1.165, 1.54) is 0 Å². The van der Waals surface area contributed by atoms with Gasteiger partial charge in [-0.1, -0.05) is 5.16 Å². The van der Waals surface area contributed by atoms with Crippen molar-refractivity contribution >= 4 is 5.71 Å². The third kappa shape index (κ3) is 1.67. The van der Waals surface area contributed by atoms with E-state index < -0.39 is 23.8 Å². The van der Waals surface area contributed by atoms with Gasteiger partial charge in [0, 0.05) is 6.42 Å². The van der Waals surface area contributed by atoms with Crippen LogP contribution in [0.25, 0.3) is 0 Å². The molecule has 6 nitrogen and oxygen atoms in total. The molecule has 3 aliphatic heterocycles. The van der Waals surface area contributed by atoms with Crippen molar-refractivity contribution in [3.63, 3.8) is 0 Å². The number of hydrogen-bond acceptors (Lipinski definition) is 6. The van der Waals surface area contributed by atoms with E-state index in [-0.39, 0.29) is 12.2 Å². The van der Waals surface area contributed by atoms with Crippen LogP contribution in [0.3, 0.4) is 0 Å². The Balaban J connectivity index is 1.89. The summed E-state index contributed by atoms with van der Waals surface area (Å²) in [4.78, 5) is 5.21. The highest BCUT2D eigenvalue weighted by atomic mass is 16.8. The van der Waals surface area contributed by atoms with Crippen LogP contribution in [-0.4, -0.2) is 46.8 Å². The van der Waals surface area contributed by atoms with Gasteiger partial charge in [0.1, 0.15) is 23.9 Å². The van der Waals surface area contributed by atoms with E-state index in [0.717, 1.165) is 5.71 Å². The minimum absolute atomic E-state index is 0.0342. The zero-order chi connectivity index (χ0) is 13.1. The molecule has 2 saturated heterocycles. The average molecular weight is 257 g/mol. The highest BCUT2D eigenvalue weighted by molar-refractivity contribution is 5.94. The van der Waals surface area contributed by atoms with Crippen molar-refractivity contribution < 1.29 is 24.2 Å². The fourth-order valence-electron chi connectivity index (χ4n) is 2.83. The number of fused-ring (bicyclic) bond motifs is 1. The molecule has 6 heteroatoms. The lowest BCUT2D eigenvalue weighted by molar-refractivity contribution is -0.227. The van der Waals surface area contributed by atoms with Crippen LogP contribution in [0, 0.1) is 0 Å². The van der Waals surface area contributed by atoms with Crippen molar-refractivity contribution in [1.82, 2.24) is 0 Å². The van der Waals surface area contributed by atoms with Crippen LogP contribution in [0.5, 0.6) is 0 Å². The van der Waals surface area contributed by atoms with Crippen LogP contribution < -0.4 is 0 Å². The second-order valence-electron chi connectivity index (χ2n) is 5.79. The molecule has 0 aromatic heterocycles. The van der Waals surface area contributed by atoms with Crippen molar-refractivity contribution in [2.75, 3.05) is 0 Å². The summed E-state index contributed by atoms with van der Waals surface area (Å²) in [6.45, 7) is 7.46. The molecular weight excluding hydrogens is 238 g/mol. The minimum Gasteiger partial charge on any atom is -0.392 e. The van der Waals surface area contributed by atoms with Crippen molar-refractivity contribution in [3.8, 4) is 0 Å². The SMILES string of the molecule is C[C@H]1CC([C@@]2(C)OC(O)[C@H]3OC(C)(C)O[C@H]32)=NO1. The lowest BCUT2D eigenvalue weighted by Crippen LogP contribution is -2.47. The van der Waals surface area contributed by atoms with Gasteiger partial charge in [0.05, 0.1) is 5.71 Å². The molecule has 1 unspecified atom stereocenters. The van der Waals surface area contributed by atoms with Gasteiger partial charge in [0.25, 0.3) is 0 Å². The summed E-state index contributed by atoms with van der Waals surface area (Å²) >= 11 is 0. The van der Waals surface area contributed by atoms with Gasteiger partial charge in [0.2, 0.25) is 0 Å². The van der Waals surface area contributed by atoms with Crippen molar-refractivity contribution in [2.45, 2.75) is 70.1 Å². The Morgan fingerprint density at radius 3 is 2.56 bits per heavy atom. The summed E-state index contributed by atoms with van der Waals surface area (Å²) < 4.78 is 17.2. The second-order valence-corrected chi connectivity index (χ2v) is 5.79. The van der Waals surface area contributed by atoms with Gasteiger partial charge in [-0.3, -0.25) is 0 Å². The van der Waals surface area contributed by atoms with Gasteiger partial charge in [-0.15, -0.1) is 0 Å². The fraction of sp³-hybridized carbons (Fsp3) is 0.917. The summed E-state index contributed by atoms with van der Waals surface area (Å²) in [5, 5.41) is 14.0.